The average molecular weight is 357 g/mol. The van der Waals surface area contributed by atoms with Crippen LogP contribution in [0.2, 0.25) is 0 Å². The van der Waals surface area contributed by atoms with Crippen LogP contribution in [0.25, 0.3) is 5.70 Å². The molecule has 1 fully saturated rings. The zero-order valence-corrected chi connectivity index (χ0v) is 15.3. The quantitative estimate of drug-likeness (QED) is 0.340. The molecular weight excluding hydrogens is 330 g/mol. The van der Waals surface area contributed by atoms with Crippen LogP contribution in [0, 0.1) is 17.8 Å². The summed E-state index contributed by atoms with van der Waals surface area (Å²) in [6, 6.07) is 6.48. The highest BCUT2D eigenvalue weighted by atomic mass is 16.5. The molecule has 6 heteroatoms. The van der Waals surface area contributed by atoms with E-state index >= 15 is 0 Å². The molecule has 1 aliphatic carbocycles. The fourth-order valence-electron chi connectivity index (χ4n) is 2.52. The van der Waals surface area contributed by atoms with Gasteiger partial charge in [-0.1, -0.05) is 24.8 Å². The van der Waals surface area contributed by atoms with Gasteiger partial charge in [0, 0.05) is 17.2 Å². The van der Waals surface area contributed by atoms with Crippen LogP contribution in [-0.2, 0) is 4.79 Å². The Bertz CT molecular complexity index is 692. The first kappa shape index (κ1) is 19.8. The maximum atomic E-state index is 11.8. The molecule has 1 saturated carbocycles. The molecule has 1 atom stereocenters. The van der Waals surface area contributed by atoms with Crippen LogP contribution >= 0.6 is 0 Å². The predicted octanol–water partition coefficient (Wildman–Crippen LogP) is 2.04. The van der Waals surface area contributed by atoms with Crippen molar-refractivity contribution < 1.29 is 14.7 Å². The molecule has 6 nitrogen and oxygen atoms in total. The van der Waals surface area contributed by atoms with E-state index < -0.39 is 17.5 Å². The van der Waals surface area contributed by atoms with Gasteiger partial charge in [0.2, 0.25) is 0 Å². The molecule has 0 spiro atoms. The van der Waals surface area contributed by atoms with E-state index in [1.165, 1.54) is 19.3 Å². The van der Waals surface area contributed by atoms with Crippen LogP contribution in [0.1, 0.15) is 38.7 Å². The van der Waals surface area contributed by atoms with Gasteiger partial charge in [-0.25, -0.2) is 5.48 Å². The minimum Gasteiger partial charge on any atom is -0.481 e. The number of hydroxylamine groups is 1. The Labute approximate surface area is 154 Å². The van der Waals surface area contributed by atoms with Crippen molar-refractivity contribution in [2.75, 3.05) is 6.61 Å². The van der Waals surface area contributed by atoms with Crippen LogP contribution in [0.15, 0.2) is 30.8 Å². The lowest BCUT2D eigenvalue weighted by molar-refractivity contribution is -0.132. The lowest BCUT2D eigenvalue weighted by Gasteiger charge is -2.30. The second-order valence-corrected chi connectivity index (χ2v) is 7.12. The fraction of sp³-hybridized carbons (Fsp3) is 0.450. The monoisotopic (exact) mass is 357 g/mol. The Morgan fingerprint density at radius 2 is 2.08 bits per heavy atom. The lowest BCUT2D eigenvalue weighted by atomic mass is 9.86. The van der Waals surface area contributed by atoms with E-state index in [4.69, 9.17) is 15.7 Å². The first-order valence-corrected chi connectivity index (χ1v) is 8.71. The molecule has 1 aliphatic rings. The molecule has 140 valence electrons. The largest absolute Gasteiger partial charge is 0.481 e. The van der Waals surface area contributed by atoms with Crippen molar-refractivity contribution in [1.82, 2.24) is 10.8 Å². The average Bonchev–Trinajstić information content (AvgIpc) is 2.56. The summed E-state index contributed by atoms with van der Waals surface area (Å²) in [7, 11) is 0. The molecule has 1 aromatic rings. The number of carbonyl (C=O) groups excluding carboxylic acids is 1. The highest BCUT2D eigenvalue weighted by Gasteiger charge is 2.32. The van der Waals surface area contributed by atoms with Gasteiger partial charge >= 0.3 is 0 Å². The second kappa shape index (κ2) is 8.75. The van der Waals surface area contributed by atoms with Gasteiger partial charge in [0.1, 0.15) is 18.4 Å². The van der Waals surface area contributed by atoms with Crippen LogP contribution in [0.5, 0.6) is 5.75 Å². The first-order chi connectivity index (χ1) is 12.3. The molecule has 26 heavy (non-hydrogen) atoms. The number of nitrogens with one attached hydrogen (secondary N) is 2. The zero-order chi connectivity index (χ0) is 19.2. The summed E-state index contributed by atoms with van der Waals surface area (Å²) >= 11 is 0. The Morgan fingerprint density at radius 1 is 1.42 bits per heavy atom. The van der Waals surface area contributed by atoms with Gasteiger partial charge < -0.3 is 15.8 Å². The van der Waals surface area contributed by atoms with Crippen molar-refractivity contribution in [3.05, 3.63) is 36.4 Å². The van der Waals surface area contributed by atoms with Crippen molar-refractivity contribution in [1.29, 1.82) is 0 Å². The van der Waals surface area contributed by atoms with Crippen LogP contribution in [0.3, 0.4) is 0 Å². The van der Waals surface area contributed by atoms with Gasteiger partial charge in [0.05, 0.1) is 0 Å². The van der Waals surface area contributed by atoms with Gasteiger partial charge in [-0.2, -0.15) is 0 Å². The first-order valence-electron chi connectivity index (χ1n) is 8.71. The minimum atomic E-state index is -0.891. The molecule has 0 radical (unpaired) electrons. The molecule has 0 saturated heterocycles. The third-order valence-electron chi connectivity index (χ3n) is 4.36. The third kappa shape index (κ3) is 5.51. The van der Waals surface area contributed by atoms with Crippen LogP contribution in [0.4, 0.5) is 0 Å². The van der Waals surface area contributed by atoms with Crippen LogP contribution in [-0.4, -0.2) is 29.3 Å². The molecule has 2 rings (SSSR count). The summed E-state index contributed by atoms with van der Waals surface area (Å²) in [6.45, 7) is 7.69. The minimum absolute atomic E-state index is 0.370. The summed E-state index contributed by atoms with van der Waals surface area (Å²) < 4.78 is 5.61. The van der Waals surface area contributed by atoms with Gasteiger partial charge in [-0.05, 0) is 56.5 Å². The number of hydrogen-bond acceptors (Lipinski definition) is 5. The third-order valence-corrected chi connectivity index (χ3v) is 4.36. The Morgan fingerprint density at radius 3 is 2.58 bits per heavy atom. The number of hydrogen-bond donors (Lipinski definition) is 4. The van der Waals surface area contributed by atoms with Gasteiger partial charge in [0.15, 0.2) is 0 Å². The highest BCUT2D eigenvalue weighted by Crippen LogP contribution is 2.25. The zero-order valence-electron chi connectivity index (χ0n) is 15.3. The summed E-state index contributed by atoms with van der Waals surface area (Å²) in [5, 5.41) is 11.9. The summed E-state index contributed by atoms with van der Waals surface area (Å²) in [4.78, 5) is 11.8. The van der Waals surface area contributed by atoms with Crippen molar-refractivity contribution in [2.24, 2.45) is 11.7 Å². The highest BCUT2D eigenvalue weighted by molar-refractivity contribution is 5.84. The molecule has 1 aromatic carbocycles. The molecule has 5 N–H and O–H groups in total. The summed E-state index contributed by atoms with van der Waals surface area (Å²) in [5.74, 6) is 6.89. The normalized spacial score (nSPS) is 15.1. The number of carbonyl (C=O) groups is 1. The Hall–Kier alpha value is -2.49. The van der Waals surface area contributed by atoms with Crippen molar-refractivity contribution in [2.45, 2.75) is 44.7 Å². The number of benzene rings is 1. The Kier molecular flexibility index (Phi) is 6.67. The van der Waals surface area contributed by atoms with Gasteiger partial charge in [-0.15, -0.1) is 0 Å². The number of rotatable bonds is 7. The second-order valence-electron chi connectivity index (χ2n) is 7.12. The summed E-state index contributed by atoms with van der Waals surface area (Å²) in [6.07, 6.45) is 3.68. The lowest BCUT2D eigenvalue weighted by Crippen LogP contribution is -2.59. The van der Waals surface area contributed by atoms with Gasteiger partial charge in [-0.3, -0.25) is 10.0 Å². The topological polar surface area (TPSA) is 96.6 Å². The summed E-state index contributed by atoms with van der Waals surface area (Å²) in [5.41, 5.74) is 8.05. The molecule has 0 aromatic heterocycles. The van der Waals surface area contributed by atoms with E-state index in [9.17, 15) is 4.79 Å². The van der Waals surface area contributed by atoms with E-state index in [-0.39, 0.29) is 0 Å². The van der Waals surface area contributed by atoms with Crippen molar-refractivity contribution in [3.63, 3.8) is 0 Å². The molecule has 0 heterocycles. The van der Waals surface area contributed by atoms with E-state index in [1.807, 2.05) is 24.3 Å². The molecule has 0 unspecified atom stereocenters. The van der Waals surface area contributed by atoms with E-state index in [1.54, 1.807) is 19.3 Å². The van der Waals surface area contributed by atoms with Crippen LogP contribution < -0.4 is 21.3 Å². The molecule has 1 amide bonds. The number of ether oxygens (including phenoxy) is 1. The number of nitrogens with two attached hydrogens (primary N) is 1. The number of amides is 1. The Balaban J connectivity index is 1.92. The van der Waals surface area contributed by atoms with Crippen molar-refractivity contribution >= 4 is 11.6 Å². The molecular formula is C20H27N3O3. The maximum Gasteiger partial charge on any atom is 0.267 e. The van der Waals surface area contributed by atoms with E-state index in [0.717, 1.165) is 5.56 Å². The van der Waals surface area contributed by atoms with Gasteiger partial charge in [0.25, 0.3) is 5.91 Å². The van der Waals surface area contributed by atoms with E-state index in [0.29, 0.717) is 24.0 Å². The molecule has 0 bridgehead atoms. The smallest absolute Gasteiger partial charge is 0.267 e. The van der Waals surface area contributed by atoms with E-state index in [2.05, 4.69) is 23.7 Å². The maximum absolute atomic E-state index is 11.8. The van der Waals surface area contributed by atoms with Crippen molar-refractivity contribution in [3.8, 4) is 17.6 Å². The SMILES string of the molecule is C=C(N[C@H](C(=O)NO)C(C)(C)N)c1ccc(OCC#CC2CCC2)cc1. The molecule has 0 aliphatic heterocycles. The predicted molar refractivity (Wildman–Crippen MR) is 101 cm³/mol. The standard InChI is InChI=1S/C20H27N3O3/c1-14(22-18(19(24)23-25)20(2,3)21)16-9-11-17(12-10-16)26-13-5-8-15-6-4-7-15/h9-12,15,18,22,25H,1,4,6-7,13,21H2,2-3H3,(H,23,24)/t18-/m1/s1. The fourth-order valence-corrected chi connectivity index (χ4v) is 2.52.